The predicted molar refractivity (Wildman–Crippen MR) is 277 cm³/mol. The highest BCUT2D eigenvalue weighted by molar-refractivity contribution is 7.26. The Kier molecular flexibility index (Phi) is 9.40. The molecule has 0 aliphatic carbocycles. The Morgan fingerprint density at radius 3 is 1.59 bits per heavy atom. The van der Waals surface area contributed by atoms with Crippen LogP contribution in [0.5, 0.6) is 0 Å². The minimum atomic E-state index is -2.84. The number of anilines is 3. The van der Waals surface area contributed by atoms with Gasteiger partial charge < -0.3 is 9.47 Å². The molecule has 0 atom stereocenters. The van der Waals surface area contributed by atoms with Gasteiger partial charge in [-0.1, -0.05) is 194 Å². The Morgan fingerprint density at radius 1 is 0.375 bits per heavy atom. The molecule has 0 unspecified atom stereocenters. The van der Waals surface area contributed by atoms with E-state index in [0.29, 0.717) is 0 Å². The summed E-state index contributed by atoms with van der Waals surface area (Å²) in [7, 11) is -2.84. The molecule has 12 aromatic rings. The first-order chi connectivity index (χ1) is 31.8. The van der Waals surface area contributed by atoms with Crippen molar-refractivity contribution < 1.29 is 0 Å². The summed E-state index contributed by atoms with van der Waals surface area (Å²) in [6, 6.07) is 94.2. The third kappa shape index (κ3) is 6.14. The molecule has 2 nitrogen and oxygen atoms in total. The molecule has 0 fully saturated rings. The number of benzene rings is 10. The molecular formula is C60H42N2SSi. The molecule has 4 heteroatoms. The van der Waals surface area contributed by atoms with Crippen LogP contribution < -0.4 is 25.6 Å². The number of para-hydroxylation sites is 2. The first-order valence-electron chi connectivity index (χ1n) is 21.9. The molecule has 0 saturated carbocycles. The molecule has 10 aromatic carbocycles. The second-order valence-corrected chi connectivity index (χ2v) is 21.3. The normalized spacial score (nSPS) is 11.8. The quantitative estimate of drug-likeness (QED) is 0.104. The van der Waals surface area contributed by atoms with Crippen LogP contribution in [0.2, 0.25) is 0 Å². The van der Waals surface area contributed by atoms with Gasteiger partial charge in [0.25, 0.3) is 0 Å². The largest absolute Gasteiger partial charge is 0.310 e. The highest BCUT2D eigenvalue weighted by Gasteiger charge is 2.41. The van der Waals surface area contributed by atoms with Crippen molar-refractivity contribution in [1.82, 2.24) is 4.57 Å². The fourth-order valence-corrected chi connectivity index (χ4v) is 16.2. The average Bonchev–Trinajstić information content (AvgIpc) is 3.93. The van der Waals surface area contributed by atoms with E-state index in [0.717, 1.165) is 22.7 Å². The van der Waals surface area contributed by atoms with E-state index in [-0.39, 0.29) is 0 Å². The van der Waals surface area contributed by atoms with Crippen molar-refractivity contribution in [3.8, 4) is 16.8 Å². The molecular weight excluding hydrogens is 809 g/mol. The summed E-state index contributed by atoms with van der Waals surface area (Å²) in [6.07, 6.45) is 0. The molecule has 0 amide bonds. The maximum Gasteiger partial charge on any atom is 0.179 e. The lowest BCUT2D eigenvalue weighted by atomic mass is 10.0. The van der Waals surface area contributed by atoms with Gasteiger partial charge in [-0.3, -0.25) is 0 Å². The van der Waals surface area contributed by atoms with E-state index >= 15 is 0 Å². The summed E-state index contributed by atoms with van der Waals surface area (Å²) in [6.45, 7) is 0. The molecule has 0 radical (unpaired) electrons. The second kappa shape index (κ2) is 15.9. The smallest absolute Gasteiger partial charge is 0.179 e. The number of thiophene rings is 1. The van der Waals surface area contributed by atoms with Crippen LogP contribution in [0.25, 0.3) is 58.8 Å². The summed E-state index contributed by atoms with van der Waals surface area (Å²) in [5.74, 6) is 0. The zero-order chi connectivity index (χ0) is 42.5. The van der Waals surface area contributed by atoms with Gasteiger partial charge >= 0.3 is 0 Å². The van der Waals surface area contributed by atoms with E-state index < -0.39 is 8.07 Å². The third-order valence-corrected chi connectivity index (χ3v) is 18.9. The first kappa shape index (κ1) is 38.0. The van der Waals surface area contributed by atoms with Crippen LogP contribution in [0.4, 0.5) is 17.1 Å². The maximum atomic E-state index is 2.50. The summed E-state index contributed by atoms with van der Waals surface area (Å²) in [4.78, 5) is 2.50. The van der Waals surface area contributed by atoms with Crippen LogP contribution in [0, 0.1) is 0 Å². The molecule has 2 aromatic heterocycles. The molecule has 0 aliphatic heterocycles. The van der Waals surface area contributed by atoms with Gasteiger partial charge in [-0.15, -0.1) is 11.3 Å². The number of hydrogen-bond acceptors (Lipinski definition) is 2. The highest BCUT2D eigenvalue weighted by Crippen LogP contribution is 2.45. The number of fused-ring (bicyclic) bond motifs is 6. The minimum absolute atomic E-state index is 1.10. The van der Waals surface area contributed by atoms with E-state index in [9.17, 15) is 0 Å². The Balaban J connectivity index is 1.12. The zero-order valence-corrected chi connectivity index (χ0v) is 36.9. The Hall–Kier alpha value is -7.76. The molecule has 0 N–H and O–H groups in total. The van der Waals surface area contributed by atoms with E-state index in [1.807, 2.05) is 11.3 Å². The van der Waals surface area contributed by atoms with Gasteiger partial charge in [-0.25, -0.2) is 0 Å². The summed E-state index contributed by atoms with van der Waals surface area (Å²) in [5, 5.41) is 10.4. The molecule has 2 heterocycles. The molecule has 0 bridgehead atoms. The maximum absolute atomic E-state index is 2.84. The standard InChI is InChI=1S/C60H42N2SSi/c1-5-20-44(21-6-1)62-55-34-15-13-31-54(55)59-56(35-19-36-57(59)62)61(45-40-38-43(39-41-45)51-32-18-33-53-52-30-14-16-37-58(52)63-60(51)53)46-22-17-29-50(42-46)64(47-23-7-2-8-24-47,48-25-9-3-10-26-48)49-27-11-4-12-28-49/h1-42H. The zero-order valence-electron chi connectivity index (χ0n) is 35.1. The predicted octanol–water partition coefficient (Wildman–Crippen LogP) is 13.7. The van der Waals surface area contributed by atoms with Gasteiger partial charge in [0, 0.05) is 48.0 Å². The van der Waals surface area contributed by atoms with Crippen molar-refractivity contribution in [2.45, 2.75) is 0 Å². The number of nitrogens with zero attached hydrogens (tertiary/aromatic N) is 2. The Labute approximate surface area is 378 Å². The molecule has 0 spiro atoms. The van der Waals surface area contributed by atoms with Gasteiger partial charge in [0.05, 0.1) is 16.7 Å². The van der Waals surface area contributed by atoms with Crippen LogP contribution in [0.1, 0.15) is 0 Å². The van der Waals surface area contributed by atoms with Crippen LogP contribution in [0.3, 0.4) is 0 Å². The molecule has 302 valence electrons. The molecule has 0 aliphatic rings. The molecule has 12 rings (SSSR count). The lowest BCUT2D eigenvalue weighted by molar-refractivity contribution is 1.18. The Morgan fingerprint density at radius 2 is 0.906 bits per heavy atom. The van der Waals surface area contributed by atoms with Crippen molar-refractivity contribution in [3.05, 3.63) is 255 Å². The van der Waals surface area contributed by atoms with E-state index in [1.54, 1.807) is 0 Å². The fraction of sp³-hybridized carbons (Fsp3) is 0. The highest BCUT2D eigenvalue weighted by atomic mass is 32.1. The van der Waals surface area contributed by atoms with Gasteiger partial charge in [0.2, 0.25) is 0 Å². The van der Waals surface area contributed by atoms with Gasteiger partial charge in [-0.2, -0.15) is 0 Å². The molecule has 0 saturated heterocycles. The van der Waals surface area contributed by atoms with Gasteiger partial charge in [0.1, 0.15) is 0 Å². The van der Waals surface area contributed by atoms with Gasteiger partial charge in [0.15, 0.2) is 8.07 Å². The number of hydrogen-bond donors (Lipinski definition) is 0. The van der Waals surface area contributed by atoms with Crippen molar-refractivity contribution >= 4 is 99.2 Å². The summed E-state index contributed by atoms with van der Waals surface area (Å²) in [5.41, 5.74) is 9.30. The lowest BCUT2D eigenvalue weighted by Gasteiger charge is -2.35. The summed E-state index contributed by atoms with van der Waals surface area (Å²) < 4.78 is 5.05. The topological polar surface area (TPSA) is 8.17 Å². The average molecular weight is 851 g/mol. The monoisotopic (exact) mass is 850 g/mol. The number of rotatable bonds is 9. The minimum Gasteiger partial charge on any atom is -0.310 e. The SMILES string of the molecule is c1ccc(-n2c3ccccc3c3c(N(c4ccc(-c5cccc6c5sc5ccccc56)cc4)c4cccc([Si](c5ccccc5)(c5ccccc5)c5ccccc5)c4)cccc32)cc1. The third-order valence-electron chi connectivity index (χ3n) is 12.9. The second-order valence-electron chi connectivity index (χ2n) is 16.4. The van der Waals surface area contributed by atoms with Crippen LogP contribution in [-0.4, -0.2) is 12.6 Å². The van der Waals surface area contributed by atoms with Gasteiger partial charge in [-0.05, 0) is 92.5 Å². The van der Waals surface area contributed by atoms with Crippen LogP contribution in [0.15, 0.2) is 255 Å². The lowest BCUT2D eigenvalue weighted by Crippen LogP contribution is -2.74. The van der Waals surface area contributed by atoms with Crippen molar-refractivity contribution in [1.29, 1.82) is 0 Å². The van der Waals surface area contributed by atoms with E-state index in [2.05, 4.69) is 264 Å². The van der Waals surface area contributed by atoms with Crippen molar-refractivity contribution in [3.63, 3.8) is 0 Å². The van der Waals surface area contributed by atoms with Crippen molar-refractivity contribution in [2.24, 2.45) is 0 Å². The summed E-state index contributed by atoms with van der Waals surface area (Å²) >= 11 is 1.88. The van der Waals surface area contributed by atoms with Crippen LogP contribution >= 0.6 is 11.3 Å². The first-order valence-corrected chi connectivity index (χ1v) is 24.7. The van der Waals surface area contributed by atoms with E-state index in [1.165, 1.54) is 73.9 Å². The van der Waals surface area contributed by atoms with Crippen LogP contribution in [-0.2, 0) is 0 Å². The fourth-order valence-electron chi connectivity index (χ4n) is 10.2. The number of aromatic nitrogens is 1. The molecule has 64 heavy (non-hydrogen) atoms. The van der Waals surface area contributed by atoms with E-state index in [4.69, 9.17) is 0 Å². The Bertz CT molecular complexity index is 3500. The van der Waals surface area contributed by atoms with Crippen molar-refractivity contribution in [2.75, 3.05) is 4.90 Å².